The summed E-state index contributed by atoms with van der Waals surface area (Å²) in [6.07, 6.45) is 15.3. The van der Waals surface area contributed by atoms with E-state index in [1.807, 2.05) is 0 Å². The molecule has 0 nitrogen and oxygen atoms in total. The smallest absolute Gasteiger partial charge is 0.0297 e. The summed E-state index contributed by atoms with van der Waals surface area (Å²) < 4.78 is 0. The molecule has 1 spiro atoms. The molecule has 3 aliphatic carbocycles. The molecule has 0 heteroatoms. The van der Waals surface area contributed by atoms with Crippen molar-refractivity contribution >= 4 is 0 Å². The van der Waals surface area contributed by atoms with Gasteiger partial charge in [0.05, 0.1) is 0 Å². The van der Waals surface area contributed by atoms with E-state index in [0.717, 1.165) is 5.41 Å². The van der Waals surface area contributed by atoms with Crippen LogP contribution in [0.2, 0.25) is 0 Å². The fourth-order valence-corrected chi connectivity index (χ4v) is 2.10. The van der Waals surface area contributed by atoms with Crippen LogP contribution in [0.5, 0.6) is 0 Å². The third-order valence-corrected chi connectivity index (χ3v) is 3.83. The highest BCUT2D eigenvalue weighted by molar-refractivity contribution is 4.93. The van der Waals surface area contributed by atoms with Gasteiger partial charge in [-0.25, -0.2) is 0 Å². The Bertz CT molecular complexity index is 94.5. The van der Waals surface area contributed by atoms with Crippen molar-refractivity contribution in [2.75, 3.05) is 0 Å². The summed E-state index contributed by atoms with van der Waals surface area (Å²) in [5.41, 5.74) is 0.944. The lowest BCUT2D eigenvalue weighted by Crippen LogP contribution is -2.35. The lowest BCUT2D eigenvalue weighted by atomic mass is 9.56. The van der Waals surface area contributed by atoms with Crippen molar-refractivity contribution < 1.29 is 0 Å². The van der Waals surface area contributed by atoms with E-state index < -0.39 is 0 Å². The van der Waals surface area contributed by atoms with Crippen molar-refractivity contribution in [2.24, 2.45) is 5.41 Å². The van der Waals surface area contributed by atoms with Crippen molar-refractivity contribution in [3.8, 4) is 0 Å². The van der Waals surface area contributed by atoms with Crippen LogP contribution in [0.25, 0.3) is 0 Å². The Morgan fingerprint density at radius 3 is 0.818 bits per heavy atom. The van der Waals surface area contributed by atoms with Crippen LogP contribution in [0.1, 0.15) is 64.2 Å². The zero-order chi connectivity index (χ0) is 7.57. The average molecular weight is 152 g/mol. The van der Waals surface area contributed by atoms with Gasteiger partial charge in [-0.1, -0.05) is 38.5 Å². The Kier molecular flexibility index (Phi) is 2.20. The van der Waals surface area contributed by atoms with E-state index >= 15 is 0 Å². The van der Waals surface area contributed by atoms with Crippen LogP contribution in [0.3, 0.4) is 0 Å². The van der Waals surface area contributed by atoms with Gasteiger partial charge in [-0.15, -0.1) is 0 Å². The summed E-state index contributed by atoms with van der Waals surface area (Å²) in [7, 11) is 0. The van der Waals surface area contributed by atoms with Crippen LogP contribution < -0.4 is 0 Å². The summed E-state index contributed by atoms with van der Waals surface area (Å²) in [6.45, 7) is 0. The molecule has 0 aromatic rings. The first-order valence-electron chi connectivity index (χ1n) is 5.41. The lowest BCUT2D eigenvalue weighted by molar-refractivity contribution is 0.0314. The van der Waals surface area contributed by atoms with E-state index in [-0.39, 0.29) is 0 Å². The fraction of sp³-hybridized carbons (Fsp3) is 1.00. The Labute approximate surface area is 70.4 Å². The van der Waals surface area contributed by atoms with Crippen molar-refractivity contribution in [1.82, 2.24) is 0 Å². The molecule has 0 unspecified atom stereocenters. The first-order valence-corrected chi connectivity index (χ1v) is 5.41. The van der Waals surface area contributed by atoms with Gasteiger partial charge in [0, 0.05) is 0 Å². The maximum Gasteiger partial charge on any atom is -0.0297 e. The van der Waals surface area contributed by atoms with E-state index in [0.29, 0.717) is 0 Å². The first-order chi connectivity index (χ1) is 5.41. The van der Waals surface area contributed by atoms with Crippen LogP contribution in [0.4, 0.5) is 0 Å². The van der Waals surface area contributed by atoms with Gasteiger partial charge in [-0.3, -0.25) is 0 Å². The predicted molar refractivity (Wildman–Crippen MR) is 48.6 cm³/mol. The van der Waals surface area contributed by atoms with Crippen molar-refractivity contribution in [3.63, 3.8) is 0 Å². The maximum absolute atomic E-state index is 1.56. The van der Waals surface area contributed by atoms with E-state index in [9.17, 15) is 0 Å². The molecule has 0 amide bonds. The molecule has 3 aliphatic rings. The molecule has 0 bridgehead atoms. The molecular weight excluding hydrogens is 132 g/mol. The molecular formula is C11H20. The molecule has 0 N–H and O–H groups in total. The second-order valence-electron chi connectivity index (χ2n) is 4.62. The number of hydrogen-bond donors (Lipinski definition) is 0. The molecule has 0 aromatic carbocycles. The Morgan fingerprint density at radius 1 is 0.455 bits per heavy atom. The molecule has 3 fully saturated rings. The van der Waals surface area contributed by atoms with Crippen molar-refractivity contribution in [2.45, 2.75) is 64.2 Å². The largest absolute Gasteiger partial charge is 0.0533 e. The van der Waals surface area contributed by atoms with E-state index in [4.69, 9.17) is 0 Å². The van der Waals surface area contributed by atoms with E-state index in [2.05, 4.69) is 0 Å². The second kappa shape index (κ2) is 3.16. The van der Waals surface area contributed by atoms with Crippen LogP contribution in [-0.2, 0) is 0 Å². The highest BCUT2D eigenvalue weighted by Gasteiger charge is 2.41. The minimum absolute atomic E-state index is 0.944. The highest BCUT2D eigenvalue weighted by Crippen LogP contribution is 2.55. The summed E-state index contributed by atoms with van der Waals surface area (Å²) in [5, 5.41) is 0. The van der Waals surface area contributed by atoms with Crippen LogP contribution in [-0.4, -0.2) is 0 Å². The minimum Gasteiger partial charge on any atom is -0.0533 e. The predicted octanol–water partition coefficient (Wildman–Crippen LogP) is 3.90. The molecule has 0 saturated heterocycles. The Hall–Kier alpha value is 0. The third kappa shape index (κ3) is 1.60. The summed E-state index contributed by atoms with van der Waals surface area (Å²) in [4.78, 5) is 0. The first kappa shape index (κ1) is 7.64. The van der Waals surface area contributed by atoms with Gasteiger partial charge in [0.2, 0.25) is 0 Å². The van der Waals surface area contributed by atoms with Gasteiger partial charge < -0.3 is 0 Å². The number of hydrogen-bond acceptors (Lipinski definition) is 0. The molecule has 3 saturated carbocycles. The highest BCUT2D eigenvalue weighted by atomic mass is 14.5. The Balaban J connectivity index is 0.000000103. The minimum atomic E-state index is 0.944. The summed E-state index contributed by atoms with van der Waals surface area (Å²) >= 11 is 0. The van der Waals surface area contributed by atoms with Crippen molar-refractivity contribution in [1.29, 1.82) is 0 Å². The van der Waals surface area contributed by atoms with Crippen LogP contribution in [0, 0.1) is 5.41 Å². The second-order valence-corrected chi connectivity index (χ2v) is 4.62. The molecule has 0 heterocycles. The molecule has 0 aliphatic heterocycles. The SMILES string of the molecule is C1CC2(C1)CCC2.C1CCC1. The normalized spacial score (nSPS) is 30.5. The van der Waals surface area contributed by atoms with Gasteiger partial charge in [0.25, 0.3) is 0 Å². The van der Waals surface area contributed by atoms with Gasteiger partial charge >= 0.3 is 0 Å². The molecule has 0 atom stereocenters. The fourth-order valence-electron chi connectivity index (χ4n) is 2.10. The quantitative estimate of drug-likeness (QED) is 0.494. The summed E-state index contributed by atoms with van der Waals surface area (Å²) in [5.74, 6) is 0. The van der Waals surface area contributed by atoms with Crippen LogP contribution >= 0.6 is 0 Å². The van der Waals surface area contributed by atoms with E-state index in [1.165, 1.54) is 38.5 Å². The monoisotopic (exact) mass is 152 g/mol. The average Bonchev–Trinajstić information content (AvgIpc) is 1.46. The molecule has 3 rings (SSSR count). The van der Waals surface area contributed by atoms with E-state index in [1.54, 1.807) is 25.7 Å². The third-order valence-electron chi connectivity index (χ3n) is 3.83. The lowest BCUT2D eigenvalue weighted by Gasteiger charge is -2.49. The van der Waals surface area contributed by atoms with Gasteiger partial charge in [0.15, 0.2) is 0 Å². The van der Waals surface area contributed by atoms with Crippen molar-refractivity contribution in [3.05, 3.63) is 0 Å². The van der Waals surface area contributed by atoms with Gasteiger partial charge in [-0.2, -0.15) is 0 Å². The molecule has 0 aromatic heterocycles. The van der Waals surface area contributed by atoms with Gasteiger partial charge in [-0.05, 0) is 31.1 Å². The topological polar surface area (TPSA) is 0 Å². The zero-order valence-electron chi connectivity index (χ0n) is 7.57. The Morgan fingerprint density at radius 2 is 0.818 bits per heavy atom. The van der Waals surface area contributed by atoms with Gasteiger partial charge in [0.1, 0.15) is 0 Å². The zero-order valence-corrected chi connectivity index (χ0v) is 7.57. The maximum atomic E-state index is 1.56. The molecule has 11 heavy (non-hydrogen) atoms. The summed E-state index contributed by atoms with van der Waals surface area (Å²) in [6, 6.07) is 0. The standard InChI is InChI=1S/C7H12.C4H8/c1-3-7(4-1)5-2-6-7;1-2-4-3-1/h1-6H2;1-4H2. The van der Waals surface area contributed by atoms with Crippen LogP contribution in [0.15, 0.2) is 0 Å². The number of rotatable bonds is 0. The molecule has 0 radical (unpaired) electrons. The molecule has 64 valence electrons.